The fourth-order valence-electron chi connectivity index (χ4n) is 1.73. The van der Waals surface area contributed by atoms with E-state index in [9.17, 15) is 18.0 Å². The molecule has 0 aliphatic rings. The fourth-order valence-corrected chi connectivity index (χ4v) is 1.73. The molecule has 0 radical (unpaired) electrons. The zero-order chi connectivity index (χ0) is 18.7. The number of alkyl halides is 3. The minimum Gasteiger partial charge on any atom is -0.444 e. The summed E-state index contributed by atoms with van der Waals surface area (Å²) in [6.07, 6.45) is -5.46. The van der Waals surface area contributed by atoms with E-state index in [0.717, 1.165) is 12.1 Å². The first kappa shape index (κ1) is 18.6. The van der Waals surface area contributed by atoms with Gasteiger partial charge < -0.3 is 19.2 Å². The Hall–Kier alpha value is -2.78. The molecule has 1 amide bonds. The lowest BCUT2D eigenvalue weighted by atomic mass is 10.2. The van der Waals surface area contributed by atoms with Crippen molar-refractivity contribution in [3.8, 4) is 17.2 Å². The molecular weight excluding hydrogens is 343 g/mol. The van der Waals surface area contributed by atoms with E-state index in [4.69, 9.17) is 9.15 Å². The summed E-state index contributed by atoms with van der Waals surface area (Å²) in [5.41, 5.74) is -0.402. The normalized spacial score (nSPS) is 11.9. The van der Waals surface area contributed by atoms with E-state index in [1.807, 2.05) is 0 Å². The van der Waals surface area contributed by atoms with Gasteiger partial charge in [0.25, 0.3) is 0 Å². The second-order valence-corrected chi connectivity index (χ2v) is 5.93. The molecule has 2 aromatic rings. The number of carbonyl (C=O) groups is 1. The first-order chi connectivity index (χ1) is 11.5. The van der Waals surface area contributed by atoms with E-state index in [1.165, 1.54) is 12.1 Å². The number of ether oxygens (including phenoxy) is 2. The van der Waals surface area contributed by atoms with Crippen LogP contribution < -0.4 is 10.1 Å². The van der Waals surface area contributed by atoms with E-state index in [1.54, 1.807) is 20.8 Å². The van der Waals surface area contributed by atoms with E-state index in [-0.39, 0.29) is 23.9 Å². The maximum Gasteiger partial charge on any atom is 0.573 e. The van der Waals surface area contributed by atoms with Crippen molar-refractivity contribution < 1.29 is 31.9 Å². The molecular formula is C15H16F3N3O4. The average Bonchev–Trinajstić information content (AvgIpc) is 2.90. The number of hydrogen-bond acceptors (Lipinski definition) is 6. The molecule has 0 aliphatic carbocycles. The smallest absolute Gasteiger partial charge is 0.444 e. The maximum absolute atomic E-state index is 12.2. The molecule has 0 atom stereocenters. The Morgan fingerprint density at radius 2 is 1.96 bits per heavy atom. The van der Waals surface area contributed by atoms with Gasteiger partial charge in [0.05, 0.1) is 6.54 Å². The molecule has 0 bridgehead atoms. The van der Waals surface area contributed by atoms with Crippen LogP contribution in [0.15, 0.2) is 28.7 Å². The third-order valence-corrected chi connectivity index (χ3v) is 2.56. The second-order valence-electron chi connectivity index (χ2n) is 5.93. The number of rotatable bonds is 4. The highest BCUT2D eigenvalue weighted by atomic mass is 19.4. The summed E-state index contributed by atoms with van der Waals surface area (Å²) in [5, 5.41) is 9.88. The third kappa shape index (κ3) is 6.32. The minimum absolute atomic E-state index is 0.00591. The Kier molecular flexibility index (Phi) is 5.19. The van der Waals surface area contributed by atoms with Gasteiger partial charge in [-0.15, -0.1) is 23.4 Å². The number of nitrogens with one attached hydrogen (secondary N) is 1. The van der Waals surface area contributed by atoms with Crippen molar-refractivity contribution in [1.29, 1.82) is 0 Å². The van der Waals surface area contributed by atoms with Crippen LogP contribution in [0.25, 0.3) is 11.5 Å². The van der Waals surface area contributed by atoms with Crippen molar-refractivity contribution in [3.63, 3.8) is 0 Å². The molecule has 1 aromatic heterocycles. The zero-order valence-electron chi connectivity index (χ0n) is 13.7. The molecule has 0 fully saturated rings. The molecule has 25 heavy (non-hydrogen) atoms. The van der Waals surface area contributed by atoms with Crippen LogP contribution in [0.3, 0.4) is 0 Å². The average molecular weight is 359 g/mol. The van der Waals surface area contributed by atoms with Crippen molar-refractivity contribution >= 4 is 6.09 Å². The molecule has 0 saturated carbocycles. The van der Waals surface area contributed by atoms with Crippen LogP contribution in [-0.4, -0.2) is 28.3 Å². The zero-order valence-corrected chi connectivity index (χ0v) is 13.7. The molecule has 1 heterocycles. The van der Waals surface area contributed by atoms with Crippen LogP contribution in [0.2, 0.25) is 0 Å². The number of nitrogens with zero attached hydrogens (tertiary/aromatic N) is 2. The molecule has 0 aliphatic heterocycles. The van der Waals surface area contributed by atoms with Crippen molar-refractivity contribution in [2.45, 2.75) is 39.3 Å². The van der Waals surface area contributed by atoms with Gasteiger partial charge in [0.1, 0.15) is 11.4 Å². The van der Waals surface area contributed by atoms with Gasteiger partial charge in [-0.2, -0.15) is 0 Å². The highest BCUT2D eigenvalue weighted by Crippen LogP contribution is 2.27. The summed E-state index contributed by atoms with van der Waals surface area (Å²) in [5.74, 6) is -0.340. The summed E-state index contributed by atoms with van der Waals surface area (Å²) in [6.45, 7) is 5.06. The quantitative estimate of drug-likeness (QED) is 0.897. The summed E-state index contributed by atoms with van der Waals surface area (Å²) >= 11 is 0. The largest absolute Gasteiger partial charge is 0.573 e. The predicted octanol–water partition coefficient (Wildman–Crippen LogP) is 3.66. The summed E-state index contributed by atoms with van der Waals surface area (Å²) in [6, 6.07) is 5.12. The lowest BCUT2D eigenvalue weighted by Gasteiger charge is -2.19. The molecule has 10 heteroatoms. The topological polar surface area (TPSA) is 86.5 Å². The molecule has 0 saturated heterocycles. The lowest BCUT2D eigenvalue weighted by molar-refractivity contribution is -0.274. The highest BCUT2D eigenvalue weighted by Gasteiger charge is 2.31. The number of hydrogen-bond donors (Lipinski definition) is 1. The van der Waals surface area contributed by atoms with Gasteiger partial charge in [-0.3, -0.25) is 0 Å². The fraction of sp³-hybridized carbons (Fsp3) is 0.400. The Labute approximate surface area is 141 Å². The monoisotopic (exact) mass is 359 g/mol. The van der Waals surface area contributed by atoms with E-state index in [2.05, 4.69) is 20.3 Å². The van der Waals surface area contributed by atoms with Crippen LogP contribution in [0.5, 0.6) is 5.75 Å². The van der Waals surface area contributed by atoms with E-state index in [0.29, 0.717) is 0 Å². The first-order valence-electron chi connectivity index (χ1n) is 7.17. The maximum atomic E-state index is 12.2. The van der Waals surface area contributed by atoms with Crippen LogP contribution >= 0.6 is 0 Å². The van der Waals surface area contributed by atoms with Gasteiger partial charge in [0, 0.05) is 5.56 Å². The van der Waals surface area contributed by atoms with Gasteiger partial charge in [-0.1, -0.05) is 6.07 Å². The number of amides is 1. The van der Waals surface area contributed by atoms with Crippen molar-refractivity contribution in [3.05, 3.63) is 30.2 Å². The summed E-state index contributed by atoms with van der Waals surface area (Å²) in [4.78, 5) is 11.5. The van der Waals surface area contributed by atoms with Gasteiger partial charge in [0.15, 0.2) is 0 Å². The standard InChI is InChI=1S/C15H16F3N3O4/c1-14(2,3)25-13(22)19-8-11-20-21-12(23-11)9-5-4-6-10(7-9)24-15(16,17)18/h4-7H,8H2,1-3H3,(H,19,22). The number of halogens is 3. The summed E-state index contributed by atoms with van der Waals surface area (Å²) in [7, 11) is 0. The van der Waals surface area contributed by atoms with Gasteiger partial charge >= 0.3 is 12.5 Å². The highest BCUT2D eigenvalue weighted by molar-refractivity contribution is 5.67. The minimum atomic E-state index is -4.80. The van der Waals surface area contributed by atoms with Crippen LogP contribution in [0.4, 0.5) is 18.0 Å². The Morgan fingerprint density at radius 3 is 2.60 bits per heavy atom. The third-order valence-electron chi connectivity index (χ3n) is 2.56. The Morgan fingerprint density at radius 1 is 1.24 bits per heavy atom. The molecule has 7 nitrogen and oxygen atoms in total. The molecule has 0 spiro atoms. The number of carbonyl (C=O) groups excluding carboxylic acids is 1. The predicted molar refractivity (Wildman–Crippen MR) is 79.5 cm³/mol. The Balaban J connectivity index is 2.01. The Bertz CT molecular complexity index is 738. The number of benzene rings is 1. The van der Waals surface area contributed by atoms with Gasteiger partial charge in [-0.05, 0) is 39.0 Å². The molecule has 0 unspecified atom stereocenters. The molecule has 2 rings (SSSR count). The van der Waals surface area contributed by atoms with Crippen LogP contribution in [0, 0.1) is 0 Å². The molecule has 1 N–H and O–H groups in total. The van der Waals surface area contributed by atoms with Crippen molar-refractivity contribution in [2.24, 2.45) is 0 Å². The van der Waals surface area contributed by atoms with Gasteiger partial charge in [-0.25, -0.2) is 4.79 Å². The second kappa shape index (κ2) is 6.99. The SMILES string of the molecule is CC(C)(C)OC(=O)NCc1nnc(-c2cccc(OC(F)(F)F)c2)o1. The molecule has 1 aromatic carbocycles. The molecule has 136 valence electrons. The van der Waals surface area contributed by atoms with Crippen LogP contribution in [0.1, 0.15) is 26.7 Å². The van der Waals surface area contributed by atoms with Crippen molar-refractivity contribution in [2.75, 3.05) is 0 Å². The van der Waals surface area contributed by atoms with Gasteiger partial charge in [0.2, 0.25) is 11.8 Å². The number of aromatic nitrogens is 2. The van der Waals surface area contributed by atoms with E-state index < -0.39 is 23.8 Å². The van der Waals surface area contributed by atoms with E-state index >= 15 is 0 Å². The number of alkyl carbamates (subject to hydrolysis) is 1. The summed E-state index contributed by atoms with van der Waals surface area (Å²) < 4.78 is 50.9. The first-order valence-corrected chi connectivity index (χ1v) is 7.17. The lowest BCUT2D eigenvalue weighted by Crippen LogP contribution is -2.32. The van der Waals surface area contributed by atoms with Crippen LogP contribution in [-0.2, 0) is 11.3 Å². The van der Waals surface area contributed by atoms with Crippen molar-refractivity contribution in [1.82, 2.24) is 15.5 Å².